The summed E-state index contributed by atoms with van der Waals surface area (Å²) in [6, 6.07) is 11.5. The Labute approximate surface area is 164 Å². The molecule has 0 fully saturated rings. The fraction of sp³-hybridized carbons (Fsp3) is 0.200. The molecule has 0 bridgehead atoms. The highest BCUT2D eigenvalue weighted by molar-refractivity contribution is 5.58. The Morgan fingerprint density at radius 2 is 2.14 bits per heavy atom. The summed E-state index contributed by atoms with van der Waals surface area (Å²) in [5, 5.41) is 13.8. The van der Waals surface area contributed by atoms with E-state index in [0.717, 1.165) is 17.8 Å². The predicted molar refractivity (Wildman–Crippen MR) is 101 cm³/mol. The van der Waals surface area contributed by atoms with E-state index in [1.165, 1.54) is 10.6 Å². The monoisotopic (exact) mass is 391 g/mol. The zero-order chi connectivity index (χ0) is 20.0. The number of nitriles is 1. The van der Waals surface area contributed by atoms with E-state index >= 15 is 0 Å². The van der Waals surface area contributed by atoms with Gasteiger partial charge in [0, 0.05) is 30.4 Å². The number of halogens is 2. The Kier molecular flexibility index (Phi) is 3.98. The van der Waals surface area contributed by atoms with Crippen molar-refractivity contribution in [2.45, 2.75) is 18.9 Å². The van der Waals surface area contributed by atoms with Crippen LogP contribution in [0.2, 0.25) is 0 Å². The van der Waals surface area contributed by atoms with Crippen molar-refractivity contribution in [2.75, 3.05) is 11.4 Å². The maximum atomic E-state index is 13.5. The number of hydrogen-bond acceptors (Lipinski definition) is 5. The average Bonchev–Trinajstić information content (AvgIpc) is 3.39. The SMILES string of the molecule is N#Cc1cccc(N2CCc3[nH]cnc3[C@@H]2c2cc3c(C(F)F)cccn3n2)n1. The smallest absolute Gasteiger partial charge is 0.265 e. The molecule has 4 aromatic heterocycles. The molecule has 4 aromatic rings. The highest BCUT2D eigenvalue weighted by atomic mass is 19.3. The van der Waals surface area contributed by atoms with Gasteiger partial charge in [0.15, 0.2) is 0 Å². The number of nitrogens with one attached hydrogen (secondary N) is 1. The van der Waals surface area contributed by atoms with Crippen LogP contribution >= 0.6 is 0 Å². The second kappa shape index (κ2) is 6.67. The summed E-state index contributed by atoms with van der Waals surface area (Å²) < 4.78 is 28.4. The summed E-state index contributed by atoms with van der Waals surface area (Å²) >= 11 is 0. The van der Waals surface area contributed by atoms with E-state index in [-0.39, 0.29) is 5.56 Å². The van der Waals surface area contributed by atoms with Gasteiger partial charge < -0.3 is 9.88 Å². The number of imidazole rings is 1. The van der Waals surface area contributed by atoms with Crippen molar-refractivity contribution < 1.29 is 8.78 Å². The third-order valence-corrected chi connectivity index (χ3v) is 5.14. The van der Waals surface area contributed by atoms with Crippen molar-refractivity contribution in [3.05, 3.63) is 77.3 Å². The van der Waals surface area contributed by atoms with Crippen molar-refractivity contribution in [1.29, 1.82) is 5.26 Å². The molecule has 0 aromatic carbocycles. The van der Waals surface area contributed by atoms with Gasteiger partial charge in [0.2, 0.25) is 0 Å². The molecule has 1 atom stereocenters. The molecular weight excluding hydrogens is 376 g/mol. The molecule has 0 radical (unpaired) electrons. The number of nitrogens with zero attached hydrogens (tertiary/aromatic N) is 6. The summed E-state index contributed by atoms with van der Waals surface area (Å²) in [6.45, 7) is 0.622. The summed E-state index contributed by atoms with van der Waals surface area (Å²) in [5.74, 6) is 0.619. The quantitative estimate of drug-likeness (QED) is 0.578. The van der Waals surface area contributed by atoms with Crippen LogP contribution < -0.4 is 4.90 Å². The molecule has 0 unspecified atom stereocenters. The maximum absolute atomic E-state index is 13.5. The number of rotatable bonds is 3. The first kappa shape index (κ1) is 17.3. The Bertz CT molecular complexity index is 1240. The van der Waals surface area contributed by atoms with Crippen molar-refractivity contribution in [3.8, 4) is 6.07 Å². The first-order valence-corrected chi connectivity index (χ1v) is 9.08. The van der Waals surface area contributed by atoms with Crippen molar-refractivity contribution in [3.63, 3.8) is 0 Å². The van der Waals surface area contributed by atoms with E-state index in [0.29, 0.717) is 29.3 Å². The molecule has 7 nitrogen and oxygen atoms in total. The highest BCUT2D eigenvalue weighted by Gasteiger charge is 2.34. The molecule has 1 aliphatic heterocycles. The van der Waals surface area contributed by atoms with Crippen LogP contribution in [0.4, 0.5) is 14.6 Å². The van der Waals surface area contributed by atoms with Gasteiger partial charge in [-0.2, -0.15) is 10.4 Å². The van der Waals surface area contributed by atoms with Crippen molar-refractivity contribution >= 4 is 11.3 Å². The lowest BCUT2D eigenvalue weighted by Gasteiger charge is -2.34. The first-order chi connectivity index (χ1) is 14.2. The van der Waals surface area contributed by atoms with Crippen LogP contribution in [0.1, 0.15) is 40.8 Å². The number of fused-ring (bicyclic) bond motifs is 2. The Morgan fingerprint density at radius 3 is 2.97 bits per heavy atom. The Morgan fingerprint density at radius 1 is 1.24 bits per heavy atom. The minimum atomic E-state index is -2.60. The minimum Gasteiger partial charge on any atom is -0.348 e. The molecule has 9 heteroatoms. The lowest BCUT2D eigenvalue weighted by Crippen LogP contribution is -2.37. The molecule has 29 heavy (non-hydrogen) atoms. The number of anilines is 1. The van der Waals surface area contributed by atoms with Gasteiger partial charge in [-0.05, 0) is 30.3 Å². The molecule has 1 aliphatic rings. The lowest BCUT2D eigenvalue weighted by molar-refractivity contribution is 0.152. The summed E-state index contributed by atoms with van der Waals surface area (Å²) in [7, 11) is 0. The number of aromatic amines is 1. The normalized spacial score (nSPS) is 16.2. The van der Waals surface area contributed by atoms with Gasteiger partial charge in [-0.25, -0.2) is 23.3 Å². The topological polar surface area (TPSA) is 85.9 Å². The zero-order valence-electron chi connectivity index (χ0n) is 15.1. The number of aromatic nitrogens is 5. The Hall–Kier alpha value is -3.80. The van der Waals surface area contributed by atoms with Crippen LogP contribution in [0.5, 0.6) is 0 Å². The summed E-state index contributed by atoms with van der Waals surface area (Å²) in [5.41, 5.74) is 2.95. The summed E-state index contributed by atoms with van der Waals surface area (Å²) in [6.07, 6.45) is 1.40. The van der Waals surface area contributed by atoms with Gasteiger partial charge in [0.05, 0.1) is 23.2 Å². The van der Waals surface area contributed by atoms with Crippen LogP contribution in [-0.2, 0) is 6.42 Å². The van der Waals surface area contributed by atoms with E-state index in [9.17, 15) is 14.0 Å². The van der Waals surface area contributed by atoms with Crippen LogP contribution in [0.15, 0.2) is 48.9 Å². The Balaban J connectivity index is 1.68. The molecule has 0 saturated heterocycles. The number of H-pyrrole nitrogens is 1. The largest absolute Gasteiger partial charge is 0.348 e. The van der Waals surface area contributed by atoms with Crippen LogP contribution in [0, 0.1) is 11.3 Å². The molecule has 5 heterocycles. The van der Waals surface area contributed by atoms with E-state index in [1.54, 1.807) is 36.8 Å². The third kappa shape index (κ3) is 2.81. The van der Waals surface area contributed by atoms with E-state index in [1.807, 2.05) is 11.0 Å². The molecule has 0 saturated carbocycles. The van der Waals surface area contributed by atoms with Gasteiger partial charge in [0.1, 0.15) is 23.6 Å². The average molecular weight is 391 g/mol. The predicted octanol–water partition coefficient (Wildman–Crippen LogP) is 3.41. The maximum Gasteiger partial charge on any atom is 0.265 e. The molecule has 1 N–H and O–H groups in total. The van der Waals surface area contributed by atoms with Gasteiger partial charge >= 0.3 is 0 Å². The van der Waals surface area contributed by atoms with Crippen LogP contribution in [0.25, 0.3) is 5.52 Å². The second-order valence-electron chi connectivity index (χ2n) is 6.77. The molecule has 0 aliphatic carbocycles. The molecule has 5 rings (SSSR count). The molecule has 0 spiro atoms. The number of alkyl halides is 2. The van der Waals surface area contributed by atoms with Crippen LogP contribution in [-0.4, -0.2) is 31.1 Å². The van der Waals surface area contributed by atoms with E-state index in [2.05, 4.69) is 26.1 Å². The van der Waals surface area contributed by atoms with Gasteiger partial charge in [0.25, 0.3) is 6.43 Å². The van der Waals surface area contributed by atoms with Gasteiger partial charge in [-0.1, -0.05) is 6.07 Å². The van der Waals surface area contributed by atoms with Crippen molar-refractivity contribution in [1.82, 2.24) is 24.6 Å². The fourth-order valence-electron chi connectivity index (χ4n) is 3.84. The van der Waals surface area contributed by atoms with Gasteiger partial charge in [-0.3, -0.25) is 0 Å². The first-order valence-electron chi connectivity index (χ1n) is 9.08. The molecular formula is C20H15F2N7. The summed E-state index contributed by atoms with van der Waals surface area (Å²) in [4.78, 5) is 14.1. The molecule has 144 valence electrons. The second-order valence-corrected chi connectivity index (χ2v) is 6.77. The highest BCUT2D eigenvalue weighted by Crippen LogP contribution is 2.36. The fourth-order valence-corrected chi connectivity index (χ4v) is 3.84. The number of hydrogen-bond donors (Lipinski definition) is 1. The van der Waals surface area contributed by atoms with E-state index in [4.69, 9.17) is 0 Å². The van der Waals surface area contributed by atoms with E-state index < -0.39 is 12.5 Å². The lowest BCUT2D eigenvalue weighted by atomic mass is 9.99. The molecule has 0 amide bonds. The minimum absolute atomic E-state index is 0.0690. The standard InChI is InChI=1S/C20H15F2N7/c21-20(22)13-4-2-7-29-16(13)9-15(27-29)19-18-14(24-11-25-18)6-8-28(19)17-5-1-3-12(10-23)26-17/h1-5,7,9,11,19-20H,6,8H2,(H,24,25)/t19-/m0/s1. The van der Waals surface area contributed by atoms with Crippen LogP contribution in [0.3, 0.4) is 0 Å². The third-order valence-electron chi connectivity index (χ3n) is 5.14. The number of pyridine rings is 2. The van der Waals surface area contributed by atoms with Gasteiger partial charge in [-0.15, -0.1) is 0 Å². The zero-order valence-corrected chi connectivity index (χ0v) is 15.1. The van der Waals surface area contributed by atoms with Crippen molar-refractivity contribution in [2.24, 2.45) is 0 Å².